The number of Topliss-reactive ketones (excluding diaryl/α,β-unsaturated/α-hetero) is 1. The van der Waals surface area contributed by atoms with Crippen molar-refractivity contribution in [3.63, 3.8) is 0 Å². The summed E-state index contributed by atoms with van der Waals surface area (Å²) in [7, 11) is 0. The van der Waals surface area contributed by atoms with E-state index in [1.165, 1.54) is 33.6 Å². The molecule has 8 rings (SSSR count). The van der Waals surface area contributed by atoms with E-state index in [1.807, 2.05) is 22.9 Å². The van der Waals surface area contributed by atoms with Gasteiger partial charge in [-0.25, -0.2) is 23.1 Å². The summed E-state index contributed by atoms with van der Waals surface area (Å²) in [5.41, 5.74) is 2.49. The number of rotatable bonds is 5. The number of carbonyl (C=O) groups is 1. The summed E-state index contributed by atoms with van der Waals surface area (Å²) >= 11 is 0. The van der Waals surface area contributed by atoms with E-state index in [-0.39, 0.29) is 16.9 Å². The lowest BCUT2D eigenvalue weighted by atomic mass is 9.76. The first kappa shape index (κ1) is 34.6. The van der Waals surface area contributed by atoms with E-state index in [0.717, 1.165) is 24.9 Å². The molecule has 0 aliphatic heterocycles. The molecule has 0 N–H and O–H groups in total. The van der Waals surface area contributed by atoms with Crippen LogP contribution in [0.2, 0.25) is 0 Å². The second kappa shape index (κ2) is 13.1. The molecule has 0 radical (unpaired) electrons. The third-order valence-electron chi connectivity index (χ3n) is 9.65. The number of alkyl halides is 8. The van der Waals surface area contributed by atoms with E-state index < -0.39 is 48.4 Å². The molecule has 3 aromatic heterocycles. The number of fused-ring (bicyclic) bond motifs is 2. The van der Waals surface area contributed by atoms with Gasteiger partial charge < -0.3 is 4.57 Å². The van der Waals surface area contributed by atoms with Crippen LogP contribution in [-0.4, -0.2) is 40.8 Å². The third kappa shape index (κ3) is 6.94. The lowest BCUT2D eigenvalue weighted by Crippen LogP contribution is -2.39. The fourth-order valence-corrected chi connectivity index (χ4v) is 7.11. The Hall–Kier alpha value is -4.82. The first-order valence-electron chi connectivity index (χ1n) is 16.7. The zero-order valence-electron chi connectivity index (χ0n) is 27.1. The van der Waals surface area contributed by atoms with Crippen molar-refractivity contribution in [2.75, 3.05) is 0 Å². The van der Waals surface area contributed by atoms with Crippen molar-refractivity contribution in [3.05, 3.63) is 107 Å². The highest BCUT2D eigenvalue weighted by Crippen LogP contribution is 2.44. The van der Waals surface area contributed by atoms with E-state index in [0.29, 0.717) is 60.4 Å². The zero-order chi connectivity index (χ0) is 36.1. The minimum Gasteiger partial charge on any atom is -0.306 e. The van der Waals surface area contributed by atoms with Gasteiger partial charge in [0.2, 0.25) is 5.92 Å². The van der Waals surface area contributed by atoms with Crippen LogP contribution >= 0.6 is 0 Å². The van der Waals surface area contributed by atoms with Crippen LogP contribution in [-0.2, 0) is 38.0 Å². The summed E-state index contributed by atoms with van der Waals surface area (Å²) in [6.07, 6.45) is 0.415. The molecule has 5 aromatic rings. The Morgan fingerprint density at radius 1 is 0.667 bits per heavy atom. The maximum absolute atomic E-state index is 13.3. The molecule has 0 unspecified atom stereocenters. The number of aromatic nitrogens is 6. The van der Waals surface area contributed by atoms with E-state index in [9.17, 15) is 39.9 Å². The van der Waals surface area contributed by atoms with Crippen LogP contribution in [0.15, 0.2) is 67.3 Å². The van der Waals surface area contributed by atoms with Crippen molar-refractivity contribution in [2.24, 2.45) is 5.92 Å². The minimum absolute atomic E-state index is 0.241. The molecule has 1 fully saturated rings. The fraction of sp³-hybridized carbons (Fsp3) is 0.389. The van der Waals surface area contributed by atoms with Gasteiger partial charge in [-0.15, -0.1) is 0 Å². The van der Waals surface area contributed by atoms with E-state index >= 15 is 0 Å². The SMILES string of the molecule is FC(F)(F)c1nn(-c2ccc(-n3ccnc3)cc2)c2c1CCCC2.O=C(c1ccc(-n2nc(C(F)(F)F)c3c2CCCC3)cc1)C1CC(F)(F)C1. The summed E-state index contributed by atoms with van der Waals surface area (Å²) in [5, 5.41) is 7.70. The molecule has 3 aliphatic rings. The number of ketones is 1. The van der Waals surface area contributed by atoms with Crippen molar-refractivity contribution >= 4 is 5.78 Å². The Labute approximate surface area is 286 Å². The van der Waals surface area contributed by atoms with Gasteiger partial charge in [-0.1, -0.05) is 0 Å². The lowest BCUT2D eigenvalue weighted by Gasteiger charge is -2.33. The van der Waals surface area contributed by atoms with Crippen molar-refractivity contribution in [1.82, 2.24) is 29.1 Å². The largest absolute Gasteiger partial charge is 0.435 e. The van der Waals surface area contributed by atoms with Crippen LogP contribution in [0.25, 0.3) is 17.1 Å². The van der Waals surface area contributed by atoms with Crippen molar-refractivity contribution in [3.8, 4) is 17.1 Å². The average Bonchev–Trinajstić information content (AvgIpc) is 3.85. The predicted molar refractivity (Wildman–Crippen MR) is 170 cm³/mol. The summed E-state index contributed by atoms with van der Waals surface area (Å²) < 4.78 is 110. The van der Waals surface area contributed by atoms with E-state index in [2.05, 4.69) is 15.2 Å². The van der Waals surface area contributed by atoms with Gasteiger partial charge in [0.1, 0.15) is 0 Å². The molecule has 0 atom stereocenters. The van der Waals surface area contributed by atoms with Crippen LogP contribution in [0, 0.1) is 5.92 Å². The molecule has 15 heteroatoms. The quantitative estimate of drug-likeness (QED) is 0.135. The monoisotopic (exact) mass is 716 g/mol. The predicted octanol–water partition coefficient (Wildman–Crippen LogP) is 8.95. The topological polar surface area (TPSA) is 70.5 Å². The van der Waals surface area contributed by atoms with Crippen LogP contribution in [0.4, 0.5) is 35.1 Å². The summed E-state index contributed by atoms with van der Waals surface area (Å²) in [5.74, 6) is -3.83. The number of nitrogens with zero attached hydrogens (tertiary/aromatic N) is 6. The molecule has 0 bridgehead atoms. The first-order valence-corrected chi connectivity index (χ1v) is 16.7. The Morgan fingerprint density at radius 2 is 1.12 bits per heavy atom. The van der Waals surface area contributed by atoms with Crippen LogP contribution in [0.3, 0.4) is 0 Å². The van der Waals surface area contributed by atoms with Crippen molar-refractivity contribution in [1.29, 1.82) is 0 Å². The molecule has 51 heavy (non-hydrogen) atoms. The smallest absolute Gasteiger partial charge is 0.306 e. The van der Waals surface area contributed by atoms with E-state index in [1.54, 1.807) is 24.7 Å². The Bertz CT molecular complexity index is 2020. The number of hydrogen-bond acceptors (Lipinski definition) is 4. The molecule has 1 saturated carbocycles. The number of hydrogen-bond donors (Lipinski definition) is 0. The lowest BCUT2D eigenvalue weighted by molar-refractivity contribution is -0.142. The molecule has 2 aromatic carbocycles. The molecule has 7 nitrogen and oxygen atoms in total. The highest BCUT2D eigenvalue weighted by atomic mass is 19.4. The molecule has 268 valence electrons. The van der Waals surface area contributed by atoms with Gasteiger partial charge in [0.15, 0.2) is 17.2 Å². The van der Waals surface area contributed by atoms with Crippen LogP contribution < -0.4 is 0 Å². The molecular weight excluding hydrogens is 684 g/mol. The van der Waals surface area contributed by atoms with Gasteiger partial charge in [0.05, 0.1) is 17.7 Å². The maximum Gasteiger partial charge on any atom is 0.435 e. The number of halogens is 8. The standard InChI is InChI=1S/C19H17F5N2O.C17H15F3N4/c20-18(21)9-12(10-18)16(27)11-5-7-13(8-6-11)26-15-4-2-1-3-14(15)17(25-26)19(22,23)24;18-17(19,20)16-14-3-1-2-4-15(14)24(22-16)13-7-5-12(6-8-13)23-10-9-21-11-23/h5-8,12H,1-4,9-10H2;5-11H,1-4H2. The summed E-state index contributed by atoms with van der Waals surface area (Å²) in [4.78, 5) is 16.2. The van der Waals surface area contributed by atoms with Crippen molar-refractivity contribution in [2.45, 2.75) is 82.5 Å². The molecule has 3 heterocycles. The third-order valence-corrected chi connectivity index (χ3v) is 9.65. The average molecular weight is 717 g/mol. The zero-order valence-corrected chi connectivity index (χ0v) is 27.1. The number of benzene rings is 2. The Morgan fingerprint density at radius 3 is 1.55 bits per heavy atom. The van der Waals surface area contributed by atoms with Crippen LogP contribution in [0.1, 0.15) is 82.8 Å². The Balaban J connectivity index is 0.000000160. The molecule has 0 saturated heterocycles. The molecular formula is C36H32F8N6O. The van der Waals surface area contributed by atoms with Gasteiger partial charge in [-0.3, -0.25) is 4.79 Å². The second-order valence-electron chi connectivity index (χ2n) is 13.1. The second-order valence-corrected chi connectivity index (χ2v) is 13.1. The highest BCUT2D eigenvalue weighted by Gasteiger charge is 2.48. The highest BCUT2D eigenvalue weighted by molar-refractivity contribution is 5.98. The van der Waals surface area contributed by atoms with Gasteiger partial charge in [0, 0.05) is 64.9 Å². The number of imidazole rings is 1. The summed E-state index contributed by atoms with van der Waals surface area (Å²) in [6.45, 7) is 0. The van der Waals surface area contributed by atoms with Crippen LogP contribution in [0.5, 0.6) is 0 Å². The molecule has 0 amide bonds. The Kier molecular flexibility index (Phi) is 8.86. The fourth-order valence-electron chi connectivity index (χ4n) is 7.11. The van der Waals surface area contributed by atoms with Gasteiger partial charge in [0.25, 0.3) is 0 Å². The summed E-state index contributed by atoms with van der Waals surface area (Å²) in [6, 6.07) is 13.3. The molecule has 3 aliphatic carbocycles. The normalized spacial score (nSPS) is 17.2. The molecule has 0 spiro atoms. The number of carbonyl (C=O) groups excluding carboxylic acids is 1. The van der Waals surface area contributed by atoms with Gasteiger partial charge in [-0.05, 0) is 99.9 Å². The van der Waals surface area contributed by atoms with Gasteiger partial charge >= 0.3 is 12.4 Å². The van der Waals surface area contributed by atoms with Crippen molar-refractivity contribution < 1.29 is 39.9 Å². The maximum atomic E-state index is 13.3. The minimum atomic E-state index is -4.52. The first-order chi connectivity index (χ1) is 24.2. The van der Waals surface area contributed by atoms with E-state index in [4.69, 9.17) is 0 Å². The van der Waals surface area contributed by atoms with Gasteiger partial charge in [-0.2, -0.15) is 36.5 Å².